The largest absolute Gasteiger partial charge is 0.342 e. The maximum Gasteiger partial charge on any atom is 0.228 e. The Hall–Kier alpha value is -0.280. The average molecular weight is 341 g/mol. The number of carbonyl (C=O) groups is 1. The minimum Gasteiger partial charge on any atom is -0.342 e. The van der Waals surface area contributed by atoms with Crippen LogP contribution in [0.3, 0.4) is 0 Å². The van der Waals surface area contributed by atoms with Crippen molar-refractivity contribution < 1.29 is 4.79 Å². The van der Waals surface area contributed by atoms with Gasteiger partial charge < -0.3 is 10.6 Å². The van der Waals surface area contributed by atoms with Gasteiger partial charge in [-0.15, -0.1) is 12.4 Å². The van der Waals surface area contributed by atoms with Gasteiger partial charge in [0.25, 0.3) is 0 Å². The lowest BCUT2D eigenvalue weighted by molar-refractivity contribution is -0.180. The first-order chi connectivity index (χ1) is 10.4. The van der Waals surface area contributed by atoms with Crippen LogP contribution in [0.1, 0.15) is 65.2 Å². The number of amides is 1. The smallest absolute Gasteiger partial charge is 0.228 e. The number of halogens is 1. The molecular formula is C19H33ClN2O. The van der Waals surface area contributed by atoms with Gasteiger partial charge in [-0.2, -0.15) is 0 Å². The third kappa shape index (κ3) is 2.82. The lowest BCUT2D eigenvalue weighted by Gasteiger charge is -2.65. The van der Waals surface area contributed by atoms with Gasteiger partial charge >= 0.3 is 0 Å². The summed E-state index contributed by atoms with van der Waals surface area (Å²) in [6, 6.07) is 0. The highest BCUT2D eigenvalue weighted by atomic mass is 35.5. The number of carbonyl (C=O) groups excluding carboxylic acids is 1. The molecular weight excluding hydrogens is 308 g/mol. The summed E-state index contributed by atoms with van der Waals surface area (Å²) >= 11 is 0. The number of hydrogen-bond donors (Lipinski definition) is 1. The molecule has 3 nitrogen and oxygen atoms in total. The van der Waals surface area contributed by atoms with Gasteiger partial charge in [0.1, 0.15) is 0 Å². The van der Waals surface area contributed by atoms with Gasteiger partial charge in [-0.3, -0.25) is 4.79 Å². The molecule has 23 heavy (non-hydrogen) atoms. The minimum absolute atomic E-state index is 0. The van der Waals surface area contributed by atoms with Crippen molar-refractivity contribution in [2.45, 2.75) is 65.2 Å². The van der Waals surface area contributed by atoms with Gasteiger partial charge in [-0.1, -0.05) is 13.8 Å². The van der Waals surface area contributed by atoms with E-state index < -0.39 is 0 Å². The second kappa shape index (κ2) is 5.62. The number of piperidine rings is 1. The van der Waals surface area contributed by atoms with Crippen LogP contribution in [0.15, 0.2) is 0 Å². The fourth-order valence-corrected chi connectivity index (χ4v) is 7.39. The molecule has 4 aliphatic carbocycles. The van der Waals surface area contributed by atoms with Crippen LogP contribution in [-0.2, 0) is 4.79 Å². The molecule has 1 saturated heterocycles. The molecule has 2 N–H and O–H groups in total. The Morgan fingerprint density at radius 3 is 2.09 bits per heavy atom. The van der Waals surface area contributed by atoms with E-state index in [4.69, 9.17) is 5.73 Å². The third-order valence-electron chi connectivity index (χ3n) is 7.31. The Balaban J connectivity index is 0.00000156. The van der Waals surface area contributed by atoms with Crippen LogP contribution in [0, 0.1) is 28.1 Å². The first-order valence-electron chi connectivity index (χ1n) is 9.35. The number of likely N-dealkylation sites (tertiary alicyclic amines) is 1. The van der Waals surface area contributed by atoms with Gasteiger partial charge in [0, 0.05) is 13.1 Å². The van der Waals surface area contributed by atoms with Gasteiger partial charge in [0.05, 0.1) is 5.41 Å². The lowest BCUT2D eigenvalue weighted by atomic mass is 9.40. The molecule has 1 heterocycles. The quantitative estimate of drug-likeness (QED) is 0.834. The predicted octanol–water partition coefficient (Wildman–Crippen LogP) is 3.60. The molecule has 0 aromatic heterocycles. The second-order valence-corrected chi connectivity index (χ2v) is 9.88. The van der Waals surface area contributed by atoms with Crippen molar-refractivity contribution >= 4 is 18.3 Å². The minimum atomic E-state index is -0.0154. The van der Waals surface area contributed by atoms with Crippen molar-refractivity contribution in [2.75, 3.05) is 19.6 Å². The monoisotopic (exact) mass is 340 g/mol. The summed E-state index contributed by atoms with van der Waals surface area (Å²) in [5.41, 5.74) is 6.65. The van der Waals surface area contributed by atoms with E-state index >= 15 is 0 Å². The second-order valence-electron chi connectivity index (χ2n) is 9.88. The van der Waals surface area contributed by atoms with Crippen molar-refractivity contribution in [3.05, 3.63) is 0 Å². The van der Waals surface area contributed by atoms with Crippen molar-refractivity contribution in [1.82, 2.24) is 4.90 Å². The first kappa shape index (κ1) is 17.5. The molecule has 1 amide bonds. The van der Waals surface area contributed by atoms with Crippen molar-refractivity contribution in [3.8, 4) is 0 Å². The standard InChI is InChI=1S/C19H32N2O.ClH/c1-17-7-15-8-18(2,11-17)13-19(9-15,12-17)16(22)21-5-3-14(10-20)4-6-21;/h14-15H,3-13,20H2,1-2H3;1H. The maximum absolute atomic E-state index is 13.4. The van der Waals surface area contributed by atoms with Crippen LogP contribution in [0.5, 0.6) is 0 Å². The molecule has 4 bridgehead atoms. The van der Waals surface area contributed by atoms with E-state index in [9.17, 15) is 4.79 Å². The van der Waals surface area contributed by atoms with Crippen LogP contribution in [0.4, 0.5) is 0 Å². The Labute approximate surface area is 147 Å². The number of nitrogens with zero attached hydrogens (tertiary/aromatic N) is 1. The van der Waals surface area contributed by atoms with Crippen molar-refractivity contribution in [2.24, 2.45) is 33.8 Å². The molecule has 5 aliphatic rings. The Bertz CT molecular complexity index is 468. The summed E-state index contributed by atoms with van der Waals surface area (Å²) < 4.78 is 0. The van der Waals surface area contributed by atoms with E-state index in [0.29, 0.717) is 22.7 Å². The lowest BCUT2D eigenvalue weighted by Crippen LogP contribution is -2.61. The number of nitrogens with two attached hydrogens (primary N) is 1. The summed E-state index contributed by atoms with van der Waals surface area (Å²) in [7, 11) is 0. The summed E-state index contributed by atoms with van der Waals surface area (Å²) in [4.78, 5) is 15.6. The highest BCUT2D eigenvalue weighted by Gasteiger charge is 2.63. The van der Waals surface area contributed by atoms with Crippen LogP contribution in [0.25, 0.3) is 0 Å². The molecule has 4 saturated carbocycles. The SMILES string of the molecule is CC12CC3CC(C)(C1)CC(C(=O)N1CCC(CN)CC1)(C3)C2.Cl. The fraction of sp³-hybridized carbons (Fsp3) is 0.947. The molecule has 5 fully saturated rings. The zero-order valence-electron chi connectivity index (χ0n) is 14.8. The van der Waals surface area contributed by atoms with Gasteiger partial charge in [-0.05, 0) is 80.6 Å². The van der Waals surface area contributed by atoms with Gasteiger partial charge in [0.15, 0.2) is 0 Å². The van der Waals surface area contributed by atoms with Crippen LogP contribution in [-0.4, -0.2) is 30.4 Å². The van der Waals surface area contributed by atoms with Crippen LogP contribution < -0.4 is 5.73 Å². The topological polar surface area (TPSA) is 46.3 Å². The summed E-state index contributed by atoms with van der Waals surface area (Å²) in [5.74, 6) is 1.94. The highest BCUT2D eigenvalue weighted by Crippen LogP contribution is 2.69. The maximum atomic E-state index is 13.4. The van der Waals surface area contributed by atoms with E-state index in [2.05, 4.69) is 18.7 Å². The zero-order valence-corrected chi connectivity index (χ0v) is 15.6. The normalized spacial score (nSPS) is 45.9. The van der Waals surface area contributed by atoms with Crippen LogP contribution >= 0.6 is 12.4 Å². The Kier molecular flexibility index (Phi) is 4.29. The third-order valence-corrected chi connectivity index (χ3v) is 7.31. The number of rotatable bonds is 2. The molecule has 0 aromatic rings. The fourth-order valence-electron chi connectivity index (χ4n) is 7.39. The molecule has 2 unspecified atom stereocenters. The van der Waals surface area contributed by atoms with E-state index in [1.54, 1.807) is 0 Å². The zero-order chi connectivity index (χ0) is 15.6. The molecule has 0 spiro atoms. The van der Waals surface area contributed by atoms with E-state index in [1.807, 2.05) is 0 Å². The molecule has 0 aromatic carbocycles. The van der Waals surface area contributed by atoms with Gasteiger partial charge in [0.2, 0.25) is 5.91 Å². The molecule has 132 valence electrons. The predicted molar refractivity (Wildman–Crippen MR) is 95.4 cm³/mol. The summed E-state index contributed by atoms with van der Waals surface area (Å²) in [6.07, 6.45) is 9.78. The first-order valence-corrected chi connectivity index (χ1v) is 9.35. The molecule has 2 atom stereocenters. The molecule has 1 aliphatic heterocycles. The summed E-state index contributed by atoms with van der Waals surface area (Å²) in [5, 5.41) is 0. The Morgan fingerprint density at radius 1 is 1.04 bits per heavy atom. The highest BCUT2D eigenvalue weighted by molar-refractivity contribution is 5.85. The van der Waals surface area contributed by atoms with E-state index in [-0.39, 0.29) is 17.8 Å². The van der Waals surface area contributed by atoms with E-state index in [1.165, 1.54) is 25.7 Å². The molecule has 4 heteroatoms. The molecule has 5 rings (SSSR count). The van der Waals surface area contributed by atoms with Crippen molar-refractivity contribution in [3.63, 3.8) is 0 Å². The molecule has 0 radical (unpaired) electrons. The average Bonchev–Trinajstić information content (AvgIpc) is 2.43. The Morgan fingerprint density at radius 2 is 1.61 bits per heavy atom. The van der Waals surface area contributed by atoms with E-state index in [0.717, 1.165) is 51.2 Å². The van der Waals surface area contributed by atoms with Crippen LogP contribution in [0.2, 0.25) is 0 Å². The number of hydrogen-bond acceptors (Lipinski definition) is 2. The summed E-state index contributed by atoms with van der Waals surface area (Å²) in [6.45, 7) is 7.59. The van der Waals surface area contributed by atoms with Gasteiger partial charge in [-0.25, -0.2) is 0 Å². The van der Waals surface area contributed by atoms with Crippen molar-refractivity contribution in [1.29, 1.82) is 0 Å².